The van der Waals surface area contributed by atoms with Crippen LogP contribution in [0.25, 0.3) is 0 Å². The van der Waals surface area contributed by atoms with E-state index in [-0.39, 0.29) is 22.6 Å². The summed E-state index contributed by atoms with van der Waals surface area (Å²) in [4.78, 5) is 0. The van der Waals surface area contributed by atoms with E-state index >= 15 is 0 Å². The van der Waals surface area contributed by atoms with Crippen LogP contribution >= 0.6 is 0 Å². The Morgan fingerprint density at radius 3 is 1.64 bits per heavy atom. The Kier molecular flexibility index (Phi) is 7.51. The van der Waals surface area contributed by atoms with Crippen molar-refractivity contribution in [3.8, 4) is 0 Å². The van der Waals surface area contributed by atoms with Gasteiger partial charge in [0.1, 0.15) is 0 Å². The summed E-state index contributed by atoms with van der Waals surface area (Å²) in [6, 6.07) is 0. The van der Waals surface area contributed by atoms with Gasteiger partial charge in [0.05, 0.1) is 0 Å². The van der Waals surface area contributed by atoms with Gasteiger partial charge in [-0.2, -0.15) is 0 Å². The second-order valence-corrected chi connectivity index (χ2v) is 2.85. The molecule has 0 spiro atoms. The summed E-state index contributed by atoms with van der Waals surface area (Å²) in [6.45, 7) is 0. The molecule has 0 saturated heterocycles. The fourth-order valence-corrected chi connectivity index (χ4v) is 1.04. The molecule has 0 atom stereocenters. The van der Waals surface area contributed by atoms with E-state index in [4.69, 9.17) is 10.0 Å². The second kappa shape index (κ2) is 7.82. The maximum absolute atomic E-state index is 8.51. The summed E-state index contributed by atoms with van der Waals surface area (Å²) in [7, 11) is -1.23. The molecule has 0 aliphatic heterocycles. The van der Waals surface area contributed by atoms with Crippen LogP contribution in [0.4, 0.5) is 0 Å². The molecule has 0 aromatic carbocycles. The molecular formula is C10H13BCoO2. The van der Waals surface area contributed by atoms with E-state index in [1.54, 1.807) is 24.3 Å². The smallest absolute Gasteiger partial charge is 0.426 e. The minimum atomic E-state index is -1.23. The summed E-state index contributed by atoms with van der Waals surface area (Å²) in [6.07, 6.45) is 16.6. The quantitative estimate of drug-likeness (QED) is 0.675. The predicted octanol–water partition coefficient (Wildman–Crippen LogP) is 1.46. The molecular weight excluding hydrogens is 222 g/mol. The molecule has 0 aromatic rings. The van der Waals surface area contributed by atoms with Crippen LogP contribution in [-0.2, 0) is 16.8 Å². The molecule has 2 nitrogen and oxygen atoms in total. The van der Waals surface area contributed by atoms with E-state index in [0.717, 1.165) is 6.42 Å². The summed E-state index contributed by atoms with van der Waals surface area (Å²) >= 11 is 0. The Morgan fingerprint density at radius 2 is 1.43 bits per heavy atom. The zero-order valence-electron chi connectivity index (χ0n) is 7.71. The van der Waals surface area contributed by atoms with Gasteiger partial charge in [-0.15, -0.1) is 0 Å². The van der Waals surface area contributed by atoms with Crippen molar-refractivity contribution < 1.29 is 26.8 Å². The maximum Gasteiger partial charge on any atom is 0.462 e. The minimum absolute atomic E-state index is 0. The van der Waals surface area contributed by atoms with Crippen molar-refractivity contribution in [2.45, 2.75) is 12.2 Å². The van der Waals surface area contributed by atoms with E-state index in [1.807, 2.05) is 0 Å². The molecule has 0 fully saturated rings. The van der Waals surface area contributed by atoms with Gasteiger partial charge in [-0.05, 0) is 6.42 Å². The summed E-state index contributed by atoms with van der Waals surface area (Å²) < 4.78 is 0. The Morgan fingerprint density at radius 1 is 0.929 bits per heavy atom. The average molecular weight is 235 g/mol. The van der Waals surface area contributed by atoms with Crippen molar-refractivity contribution >= 4 is 7.12 Å². The second-order valence-electron chi connectivity index (χ2n) is 2.85. The number of hydrogen-bond donors (Lipinski definition) is 2. The first kappa shape index (κ1) is 13.5. The Hall–Kier alpha value is -0.549. The summed E-state index contributed by atoms with van der Waals surface area (Å²) in [5, 5.41) is 17.0. The van der Waals surface area contributed by atoms with E-state index in [9.17, 15) is 0 Å². The van der Waals surface area contributed by atoms with E-state index in [2.05, 4.69) is 24.3 Å². The van der Waals surface area contributed by atoms with Crippen molar-refractivity contribution in [1.29, 1.82) is 0 Å². The van der Waals surface area contributed by atoms with Crippen molar-refractivity contribution in [3.63, 3.8) is 0 Å². The standard InChI is InChI=1S/C5H7BO2.C5H6.Co/c7-6(8)5-3-1-2-4-5;1-2-4-5-3-1;/h1-5,7-8H;1-4H,5H2;. The Balaban J connectivity index is 0.000000246. The van der Waals surface area contributed by atoms with E-state index in [1.165, 1.54) is 0 Å². The third-order valence-corrected chi connectivity index (χ3v) is 1.78. The summed E-state index contributed by atoms with van der Waals surface area (Å²) in [5.74, 6) is -0.185. The Labute approximate surface area is 95.1 Å². The normalized spacial score (nSPS) is 16.4. The molecule has 4 heteroatoms. The van der Waals surface area contributed by atoms with Gasteiger partial charge in [-0.25, -0.2) is 0 Å². The zero-order valence-corrected chi connectivity index (χ0v) is 8.75. The number of allylic oxidation sites excluding steroid dienone is 8. The predicted molar refractivity (Wildman–Crippen MR) is 55.1 cm³/mol. The topological polar surface area (TPSA) is 40.5 Å². The first-order valence-electron chi connectivity index (χ1n) is 4.33. The van der Waals surface area contributed by atoms with Crippen molar-refractivity contribution in [3.05, 3.63) is 48.6 Å². The van der Waals surface area contributed by atoms with Gasteiger partial charge in [0, 0.05) is 22.6 Å². The van der Waals surface area contributed by atoms with E-state index < -0.39 is 7.12 Å². The van der Waals surface area contributed by atoms with Gasteiger partial charge in [0.2, 0.25) is 0 Å². The number of hydrogen-bond acceptors (Lipinski definition) is 2. The Bertz CT molecular complexity index is 235. The van der Waals surface area contributed by atoms with Crippen LogP contribution in [0.1, 0.15) is 6.42 Å². The molecule has 0 heterocycles. The largest absolute Gasteiger partial charge is 0.462 e. The number of rotatable bonds is 1. The first-order chi connectivity index (χ1) is 6.30. The van der Waals surface area contributed by atoms with Crippen LogP contribution in [-0.4, -0.2) is 17.2 Å². The van der Waals surface area contributed by atoms with Gasteiger partial charge in [0.25, 0.3) is 0 Å². The van der Waals surface area contributed by atoms with Crippen LogP contribution in [0.15, 0.2) is 48.6 Å². The molecule has 2 aliphatic rings. The molecule has 0 amide bonds. The molecule has 0 bridgehead atoms. The summed E-state index contributed by atoms with van der Waals surface area (Å²) in [5.41, 5.74) is 0. The molecule has 0 aromatic heterocycles. The monoisotopic (exact) mass is 235 g/mol. The fourth-order valence-electron chi connectivity index (χ4n) is 1.04. The van der Waals surface area contributed by atoms with Gasteiger partial charge in [0.15, 0.2) is 0 Å². The van der Waals surface area contributed by atoms with Gasteiger partial charge in [-0.3, -0.25) is 0 Å². The van der Waals surface area contributed by atoms with Crippen LogP contribution in [0.5, 0.6) is 0 Å². The van der Waals surface area contributed by atoms with Crippen LogP contribution in [0, 0.1) is 0 Å². The molecule has 2 N–H and O–H groups in total. The van der Waals surface area contributed by atoms with Crippen LogP contribution < -0.4 is 0 Å². The molecule has 2 aliphatic carbocycles. The fraction of sp³-hybridized carbons (Fsp3) is 0.200. The van der Waals surface area contributed by atoms with Gasteiger partial charge < -0.3 is 10.0 Å². The third kappa shape index (κ3) is 5.24. The van der Waals surface area contributed by atoms with Gasteiger partial charge >= 0.3 is 7.12 Å². The van der Waals surface area contributed by atoms with Crippen LogP contribution in [0.2, 0.25) is 5.82 Å². The molecule has 0 saturated carbocycles. The SMILES string of the molecule is C1=CCC=C1.OB(O)C1C=CC=C1.[Co]. The molecule has 0 unspecified atom stereocenters. The maximum atomic E-state index is 8.51. The zero-order chi connectivity index (χ0) is 9.52. The molecule has 77 valence electrons. The van der Waals surface area contributed by atoms with E-state index in [0.29, 0.717) is 0 Å². The van der Waals surface area contributed by atoms with Gasteiger partial charge in [-0.1, -0.05) is 48.6 Å². The van der Waals surface area contributed by atoms with Crippen molar-refractivity contribution in [2.24, 2.45) is 0 Å². The minimum Gasteiger partial charge on any atom is -0.426 e. The molecule has 14 heavy (non-hydrogen) atoms. The van der Waals surface area contributed by atoms with Crippen molar-refractivity contribution in [2.75, 3.05) is 0 Å². The van der Waals surface area contributed by atoms with Crippen LogP contribution in [0.3, 0.4) is 0 Å². The third-order valence-electron chi connectivity index (χ3n) is 1.78. The van der Waals surface area contributed by atoms with Crippen molar-refractivity contribution in [1.82, 2.24) is 0 Å². The average Bonchev–Trinajstić information content (AvgIpc) is 2.82. The molecule has 1 radical (unpaired) electrons. The molecule has 2 rings (SSSR count). The first-order valence-corrected chi connectivity index (χ1v) is 4.33.